The molecule has 0 radical (unpaired) electrons. The van der Waals surface area contributed by atoms with Gasteiger partial charge in [0.05, 0.1) is 4.92 Å². The molecule has 2 aromatic carbocycles. The van der Waals surface area contributed by atoms with Gasteiger partial charge in [0.1, 0.15) is 17.4 Å². The normalized spacial score (nSPS) is 10.6. The van der Waals surface area contributed by atoms with Gasteiger partial charge in [0, 0.05) is 12.6 Å². The van der Waals surface area contributed by atoms with Gasteiger partial charge in [0.15, 0.2) is 12.4 Å². The number of unbranched alkanes of at least 4 members (excludes halogenated alkanes) is 1. The fourth-order valence-corrected chi connectivity index (χ4v) is 2.45. The maximum atomic E-state index is 12.0. The zero-order valence-electron chi connectivity index (χ0n) is 16.9. The quantitative estimate of drug-likeness (QED) is 0.118. The van der Waals surface area contributed by atoms with E-state index in [0.29, 0.717) is 12.1 Å². The largest absolute Gasteiger partial charge is 0.475 e. The first-order valence-electron chi connectivity index (χ1n) is 9.51. The first kappa shape index (κ1) is 23.1. The number of rotatable bonds is 10. The van der Waals surface area contributed by atoms with Crippen molar-refractivity contribution in [2.24, 2.45) is 0 Å². The lowest BCUT2D eigenvalue weighted by Gasteiger charge is -2.07. The third-order valence-corrected chi connectivity index (χ3v) is 4.01. The van der Waals surface area contributed by atoms with Crippen molar-refractivity contribution < 1.29 is 24.0 Å². The zero-order chi connectivity index (χ0) is 22.6. The molecule has 1 N–H and O–H groups in total. The molecular formula is C22H21N3O6. The number of hydrogen-bond acceptors (Lipinski definition) is 7. The minimum Gasteiger partial charge on any atom is -0.475 e. The van der Waals surface area contributed by atoms with E-state index < -0.39 is 23.4 Å². The van der Waals surface area contributed by atoms with Gasteiger partial charge < -0.3 is 14.8 Å². The van der Waals surface area contributed by atoms with E-state index in [1.165, 1.54) is 36.4 Å². The molecule has 0 fully saturated rings. The number of nitro groups is 1. The highest BCUT2D eigenvalue weighted by Crippen LogP contribution is 2.25. The number of ether oxygens (including phenoxy) is 2. The minimum absolute atomic E-state index is 0.0290. The van der Waals surface area contributed by atoms with Crippen molar-refractivity contribution in [2.75, 3.05) is 13.2 Å². The lowest BCUT2D eigenvalue weighted by Crippen LogP contribution is -2.25. The molecule has 0 aromatic heterocycles. The van der Waals surface area contributed by atoms with Crippen LogP contribution in [0.4, 0.5) is 5.69 Å². The van der Waals surface area contributed by atoms with E-state index in [2.05, 4.69) is 5.32 Å². The molecule has 0 atom stereocenters. The van der Waals surface area contributed by atoms with Crippen LogP contribution in [-0.2, 0) is 9.59 Å². The van der Waals surface area contributed by atoms with Crippen molar-refractivity contribution in [3.63, 3.8) is 0 Å². The minimum atomic E-state index is -0.741. The van der Waals surface area contributed by atoms with Crippen molar-refractivity contribution in [3.8, 4) is 17.6 Å². The molecule has 0 aliphatic rings. The van der Waals surface area contributed by atoms with E-state index >= 15 is 0 Å². The van der Waals surface area contributed by atoms with Crippen LogP contribution in [0, 0.1) is 21.4 Å². The average Bonchev–Trinajstić information content (AvgIpc) is 2.77. The molecule has 160 valence electrons. The lowest BCUT2D eigenvalue weighted by molar-refractivity contribution is -0.385. The van der Waals surface area contributed by atoms with Crippen molar-refractivity contribution in [3.05, 3.63) is 69.8 Å². The summed E-state index contributed by atoms with van der Waals surface area (Å²) >= 11 is 0. The Morgan fingerprint density at radius 3 is 2.55 bits per heavy atom. The number of nitriles is 1. The first-order chi connectivity index (χ1) is 14.9. The van der Waals surface area contributed by atoms with Gasteiger partial charge >= 0.3 is 11.7 Å². The monoisotopic (exact) mass is 423 g/mol. The lowest BCUT2D eigenvalue weighted by atomic mass is 10.1. The summed E-state index contributed by atoms with van der Waals surface area (Å²) in [6.45, 7) is 1.99. The van der Waals surface area contributed by atoms with Crippen molar-refractivity contribution in [1.82, 2.24) is 5.32 Å². The molecule has 0 aliphatic heterocycles. The summed E-state index contributed by atoms with van der Waals surface area (Å²) in [4.78, 5) is 34.3. The third kappa shape index (κ3) is 7.29. The van der Waals surface area contributed by atoms with Crippen LogP contribution < -0.4 is 14.8 Å². The Kier molecular flexibility index (Phi) is 8.73. The van der Waals surface area contributed by atoms with Gasteiger partial charge in [0.2, 0.25) is 0 Å². The number of nitrogens with zero attached hydrogens (tertiary/aromatic N) is 2. The second-order valence-corrected chi connectivity index (χ2v) is 6.34. The molecule has 0 spiro atoms. The number of nitro benzene ring substituents is 1. The second-order valence-electron chi connectivity index (χ2n) is 6.34. The topological polar surface area (TPSA) is 132 Å². The van der Waals surface area contributed by atoms with Crippen LogP contribution in [0.25, 0.3) is 6.08 Å². The van der Waals surface area contributed by atoms with E-state index in [0.717, 1.165) is 12.8 Å². The van der Waals surface area contributed by atoms with Gasteiger partial charge in [-0.2, -0.15) is 5.26 Å². The van der Waals surface area contributed by atoms with Crippen LogP contribution in [0.3, 0.4) is 0 Å². The molecule has 9 nitrogen and oxygen atoms in total. The number of esters is 1. The Balaban J connectivity index is 1.94. The summed E-state index contributed by atoms with van der Waals surface area (Å²) in [6.07, 6.45) is 3.19. The maximum Gasteiger partial charge on any atom is 0.349 e. The zero-order valence-corrected chi connectivity index (χ0v) is 16.9. The van der Waals surface area contributed by atoms with Crippen LogP contribution in [0.2, 0.25) is 0 Å². The fourth-order valence-electron chi connectivity index (χ4n) is 2.45. The standard InChI is InChI=1S/C22H21N3O6/c1-2-3-12-24-22(27)17(14-23)13-16-8-10-18(11-9-16)31-21(26)15-30-20-7-5-4-6-19(20)25(28)29/h4-11,13H,2-3,12,15H2,1H3,(H,24,27)/b17-13+. The van der Waals surface area contributed by atoms with Crippen LogP contribution in [0.5, 0.6) is 11.5 Å². The molecule has 1 amide bonds. The van der Waals surface area contributed by atoms with Crippen molar-refractivity contribution >= 4 is 23.6 Å². The summed E-state index contributed by atoms with van der Waals surface area (Å²) < 4.78 is 10.3. The predicted molar refractivity (Wildman–Crippen MR) is 112 cm³/mol. The van der Waals surface area contributed by atoms with Gasteiger partial charge in [-0.3, -0.25) is 14.9 Å². The molecule has 0 heterocycles. The SMILES string of the molecule is CCCCNC(=O)/C(C#N)=C/c1ccc(OC(=O)COc2ccccc2[N+](=O)[O-])cc1. The number of hydrogen-bond donors (Lipinski definition) is 1. The molecule has 2 aromatic rings. The Bertz CT molecular complexity index is 1010. The van der Waals surface area contributed by atoms with E-state index in [1.807, 2.05) is 13.0 Å². The Morgan fingerprint density at radius 2 is 1.90 bits per heavy atom. The summed E-state index contributed by atoms with van der Waals surface area (Å²) in [5.41, 5.74) is 0.301. The van der Waals surface area contributed by atoms with Crippen LogP contribution in [0.1, 0.15) is 25.3 Å². The highest BCUT2D eigenvalue weighted by Gasteiger charge is 2.15. The van der Waals surface area contributed by atoms with Crippen LogP contribution in [-0.4, -0.2) is 30.0 Å². The maximum absolute atomic E-state index is 12.0. The summed E-state index contributed by atoms with van der Waals surface area (Å²) in [6, 6.07) is 13.7. The summed E-state index contributed by atoms with van der Waals surface area (Å²) in [5.74, 6) is -1.00. The number of carbonyl (C=O) groups is 2. The average molecular weight is 423 g/mol. The molecule has 9 heteroatoms. The molecule has 0 saturated heterocycles. The van der Waals surface area contributed by atoms with E-state index in [1.54, 1.807) is 18.2 Å². The molecular weight excluding hydrogens is 402 g/mol. The number of benzene rings is 2. The Labute approximate surface area is 179 Å². The van der Waals surface area contributed by atoms with E-state index in [-0.39, 0.29) is 22.8 Å². The Hall–Kier alpha value is -4.19. The van der Waals surface area contributed by atoms with E-state index in [4.69, 9.17) is 9.47 Å². The highest BCUT2D eigenvalue weighted by molar-refractivity contribution is 6.01. The number of para-hydroxylation sites is 2. The van der Waals surface area contributed by atoms with Gasteiger partial charge in [-0.15, -0.1) is 0 Å². The van der Waals surface area contributed by atoms with Gasteiger partial charge in [0.25, 0.3) is 5.91 Å². The second kappa shape index (κ2) is 11.7. The van der Waals surface area contributed by atoms with Gasteiger partial charge in [-0.25, -0.2) is 4.79 Å². The van der Waals surface area contributed by atoms with Gasteiger partial charge in [-0.1, -0.05) is 37.6 Å². The van der Waals surface area contributed by atoms with Crippen LogP contribution >= 0.6 is 0 Å². The first-order valence-corrected chi connectivity index (χ1v) is 9.51. The molecule has 2 rings (SSSR count). The molecule has 31 heavy (non-hydrogen) atoms. The third-order valence-electron chi connectivity index (χ3n) is 4.01. The number of carbonyl (C=O) groups excluding carboxylic acids is 2. The van der Waals surface area contributed by atoms with Crippen molar-refractivity contribution in [1.29, 1.82) is 5.26 Å². The smallest absolute Gasteiger partial charge is 0.349 e. The molecule has 0 unspecified atom stereocenters. The van der Waals surface area contributed by atoms with E-state index in [9.17, 15) is 25.0 Å². The summed E-state index contributed by atoms with van der Waals surface area (Å²) in [5, 5.41) is 22.8. The summed E-state index contributed by atoms with van der Waals surface area (Å²) in [7, 11) is 0. The molecule has 0 aliphatic carbocycles. The fraction of sp³-hybridized carbons (Fsp3) is 0.227. The van der Waals surface area contributed by atoms with Gasteiger partial charge in [-0.05, 0) is 36.3 Å². The highest BCUT2D eigenvalue weighted by atomic mass is 16.6. The predicted octanol–water partition coefficient (Wildman–Crippen LogP) is 3.40. The molecule has 0 bridgehead atoms. The number of nitrogens with one attached hydrogen (secondary N) is 1. The van der Waals surface area contributed by atoms with Crippen molar-refractivity contribution in [2.45, 2.75) is 19.8 Å². The molecule has 0 saturated carbocycles. The number of amides is 1. The van der Waals surface area contributed by atoms with Crippen LogP contribution in [0.15, 0.2) is 54.1 Å². The Morgan fingerprint density at radius 1 is 1.19 bits per heavy atom.